The van der Waals surface area contributed by atoms with Gasteiger partial charge in [-0.1, -0.05) is 60.7 Å². The molecule has 196 valence electrons. The lowest BCUT2D eigenvalue weighted by Gasteiger charge is -2.22. The highest BCUT2D eigenvalue weighted by molar-refractivity contribution is 7.90. The number of fused-ring (bicyclic) bond motifs is 1. The Bertz CT molecular complexity index is 1480. The Hall–Kier alpha value is -3.55. The molecule has 4 aromatic rings. The lowest BCUT2D eigenvalue weighted by Crippen LogP contribution is -2.35. The third-order valence-corrected chi connectivity index (χ3v) is 8.86. The highest BCUT2D eigenvalue weighted by Gasteiger charge is 2.22. The average Bonchev–Trinajstić information content (AvgIpc) is 3.19. The number of amides is 1. The monoisotopic (exact) mass is 527 g/mol. The van der Waals surface area contributed by atoms with Gasteiger partial charge in [-0.05, 0) is 67.7 Å². The van der Waals surface area contributed by atoms with Crippen molar-refractivity contribution in [1.82, 2.24) is 14.8 Å². The number of rotatable bonds is 8. The summed E-state index contributed by atoms with van der Waals surface area (Å²) in [6.45, 7) is 4.34. The van der Waals surface area contributed by atoms with E-state index >= 15 is 0 Å². The minimum Gasteiger partial charge on any atom is -0.337 e. The maximum absolute atomic E-state index is 13.2. The molecule has 0 N–H and O–H groups in total. The summed E-state index contributed by atoms with van der Waals surface area (Å²) in [4.78, 5) is 22.1. The first kappa shape index (κ1) is 26.1. The molecule has 7 heteroatoms. The maximum atomic E-state index is 13.2. The zero-order chi connectivity index (χ0) is 26.4. The molecule has 6 nitrogen and oxygen atoms in total. The van der Waals surface area contributed by atoms with Crippen LogP contribution in [0.2, 0.25) is 0 Å². The Morgan fingerprint density at radius 1 is 0.789 bits per heavy atom. The second-order valence-electron chi connectivity index (χ2n) is 9.86. The molecular formula is C31H33N3O3S. The fraction of sp³-hybridized carbons (Fsp3) is 0.290. The van der Waals surface area contributed by atoms with E-state index in [9.17, 15) is 13.2 Å². The van der Waals surface area contributed by atoms with Crippen LogP contribution in [-0.2, 0) is 22.0 Å². The third-order valence-electron chi connectivity index (χ3n) is 7.15. The molecule has 0 spiro atoms. The summed E-state index contributed by atoms with van der Waals surface area (Å²) >= 11 is 0. The molecule has 1 saturated heterocycles. The van der Waals surface area contributed by atoms with E-state index in [0.717, 1.165) is 50.8 Å². The molecule has 0 unspecified atom stereocenters. The molecule has 38 heavy (non-hydrogen) atoms. The Labute approximate surface area is 224 Å². The largest absolute Gasteiger partial charge is 0.337 e. The zero-order valence-electron chi connectivity index (χ0n) is 21.5. The van der Waals surface area contributed by atoms with E-state index in [1.807, 2.05) is 23.1 Å². The molecule has 3 aromatic carbocycles. The van der Waals surface area contributed by atoms with Crippen molar-refractivity contribution in [3.05, 3.63) is 108 Å². The summed E-state index contributed by atoms with van der Waals surface area (Å²) in [6, 6.07) is 26.4. The van der Waals surface area contributed by atoms with Gasteiger partial charge >= 0.3 is 0 Å². The lowest BCUT2D eigenvalue weighted by atomic mass is 10.1. The quantitative estimate of drug-likeness (QED) is 0.323. The summed E-state index contributed by atoms with van der Waals surface area (Å²) in [5.41, 5.74) is 3.09. The van der Waals surface area contributed by atoms with Crippen LogP contribution in [-0.4, -0.2) is 61.8 Å². The predicted molar refractivity (Wildman–Crippen MR) is 151 cm³/mol. The van der Waals surface area contributed by atoms with Crippen LogP contribution in [0, 0.1) is 0 Å². The molecule has 0 saturated carbocycles. The number of nitrogens with zero attached hydrogens (tertiary/aromatic N) is 3. The van der Waals surface area contributed by atoms with Crippen molar-refractivity contribution in [1.29, 1.82) is 0 Å². The smallest absolute Gasteiger partial charge is 0.253 e. The van der Waals surface area contributed by atoms with Crippen LogP contribution in [0.3, 0.4) is 0 Å². The molecule has 1 fully saturated rings. The van der Waals surface area contributed by atoms with E-state index < -0.39 is 9.84 Å². The Kier molecular flexibility index (Phi) is 8.15. The van der Waals surface area contributed by atoms with Crippen LogP contribution in [0.5, 0.6) is 0 Å². The van der Waals surface area contributed by atoms with E-state index in [2.05, 4.69) is 34.1 Å². The number of aryl methyl sites for hydroxylation is 1. The van der Waals surface area contributed by atoms with Crippen molar-refractivity contribution >= 4 is 26.6 Å². The molecule has 0 atom stereocenters. The molecule has 0 aliphatic carbocycles. The fourth-order valence-corrected chi connectivity index (χ4v) is 6.64. The van der Waals surface area contributed by atoms with Gasteiger partial charge in [-0.15, -0.1) is 0 Å². The SMILES string of the molecule is O=C(c1ccc(CS(=O)(=O)c2cccc3cccnc23)cc1)N1CCCN(CCCc2ccccc2)CC1. The van der Waals surface area contributed by atoms with Crippen LogP contribution < -0.4 is 0 Å². The Morgan fingerprint density at radius 3 is 2.39 bits per heavy atom. The number of para-hydroxylation sites is 1. The van der Waals surface area contributed by atoms with Gasteiger partial charge in [0.2, 0.25) is 0 Å². The van der Waals surface area contributed by atoms with Crippen LogP contribution >= 0.6 is 0 Å². The van der Waals surface area contributed by atoms with E-state index in [1.165, 1.54) is 5.56 Å². The molecule has 2 heterocycles. The number of carbonyl (C=O) groups is 1. The number of hydrogen-bond donors (Lipinski definition) is 0. The molecule has 1 aliphatic heterocycles. The minimum absolute atomic E-state index is 0.00351. The summed E-state index contributed by atoms with van der Waals surface area (Å²) < 4.78 is 26.4. The van der Waals surface area contributed by atoms with Crippen molar-refractivity contribution in [2.75, 3.05) is 32.7 Å². The first-order valence-electron chi connectivity index (χ1n) is 13.2. The van der Waals surface area contributed by atoms with Crippen molar-refractivity contribution in [2.45, 2.75) is 29.9 Å². The van der Waals surface area contributed by atoms with Crippen LogP contribution in [0.15, 0.2) is 96.0 Å². The van der Waals surface area contributed by atoms with E-state index in [-0.39, 0.29) is 16.6 Å². The molecule has 0 radical (unpaired) electrons. The van der Waals surface area contributed by atoms with Gasteiger partial charge in [-0.2, -0.15) is 0 Å². The second kappa shape index (κ2) is 11.9. The lowest BCUT2D eigenvalue weighted by molar-refractivity contribution is 0.0761. The summed E-state index contributed by atoms with van der Waals surface area (Å²) in [6.07, 6.45) is 4.73. The number of sulfone groups is 1. The van der Waals surface area contributed by atoms with Gasteiger partial charge in [0.15, 0.2) is 9.84 Å². The van der Waals surface area contributed by atoms with Crippen molar-refractivity contribution in [2.24, 2.45) is 0 Å². The third kappa shape index (κ3) is 6.29. The molecule has 1 amide bonds. The molecule has 1 aromatic heterocycles. The minimum atomic E-state index is -3.59. The standard InChI is InChI=1S/C31H33N3O3S/c35-31(34-21-7-20-33(22-23-34)19-6-10-25-8-2-1-3-9-25)28-16-14-26(15-17-28)24-38(36,37)29-13-4-11-27-12-5-18-32-30(27)29/h1-5,8-9,11-18H,6-7,10,19-24H2. The number of hydrogen-bond acceptors (Lipinski definition) is 5. The van der Waals surface area contributed by atoms with Gasteiger partial charge in [0.1, 0.15) is 0 Å². The van der Waals surface area contributed by atoms with Gasteiger partial charge in [-0.3, -0.25) is 9.78 Å². The summed E-state index contributed by atoms with van der Waals surface area (Å²) in [5, 5.41) is 0.793. The first-order valence-corrected chi connectivity index (χ1v) is 14.9. The van der Waals surface area contributed by atoms with E-state index in [4.69, 9.17) is 0 Å². The van der Waals surface area contributed by atoms with Crippen molar-refractivity contribution < 1.29 is 13.2 Å². The number of benzene rings is 3. The van der Waals surface area contributed by atoms with E-state index in [0.29, 0.717) is 23.2 Å². The van der Waals surface area contributed by atoms with Gasteiger partial charge < -0.3 is 9.80 Å². The number of aromatic nitrogens is 1. The number of pyridine rings is 1. The fourth-order valence-electron chi connectivity index (χ4n) is 5.10. The molecule has 0 bridgehead atoms. The Balaban J connectivity index is 1.17. The highest BCUT2D eigenvalue weighted by Crippen LogP contribution is 2.24. The average molecular weight is 528 g/mol. The maximum Gasteiger partial charge on any atom is 0.253 e. The van der Waals surface area contributed by atoms with Crippen LogP contribution in [0.1, 0.15) is 34.3 Å². The first-order chi connectivity index (χ1) is 18.5. The topological polar surface area (TPSA) is 70.6 Å². The van der Waals surface area contributed by atoms with Gasteiger partial charge in [0, 0.05) is 36.8 Å². The van der Waals surface area contributed by atoms with Gasteiger partial charge in [0.05, 0.1) is 16.2 Å². The summed E-state index contributed by atoms with van der Waals surface area (Å²) in [7, 11) is -3.59. The molecule has 5 rings (SSSR count). The highest BCUT2D eigenvalue weighted by atomic mass is 32.2. The summed E-state index contributed by atoms with van der Waals surface area (Å²) in [5.74, 6) is -0.137. The Morgan fingerprint density at radius 2 is 1.58 bits per heavy atom. The molecule has 1 aliphatic rings. The predicted octanol–water partition coefficient (Wildman–Crippen LogP) is 4.99. The van der Waals surface area contributed by atoms with Gasteiger partial charge in [-0.25, -0.2) is 8.42 Å². The van der Waals surface area contributed by atoms with Crippen molar-refractivity contribution in [3.63, 3.8) is 0 Å². The van der Waals surface area contributed by atoms with Crippen molar-refractivity contribution in [3.8, 4) is 0 Å². The van der Waals surface area contributed by atoms with E-state index in [1.54, 1.807) is 48.7 Å². The van der Waals surface area contributed by atoms with Crippen LogP contribution in [0.4, 0.5) is 0 Å². The molecular weight excluding hydrogens is 494 g/mol. The normalized spacial score (nSPS) is 14.9. The number of carbonyl (C=O) groups excluding carboxylic acids is 1. The zero-order valence-corrected chi connectivity index (χ0v) is 22.3. The second-order valence-corrected chi connectivity index (χ2v) is 11.8. The van der Waals surface area contributed by atoms with Crippen LogP contribution in [0.25, 0.3) is 10.9 Å². The van der Waals surface area contributed by atoms with Gasteiger partial charge in [0.25, 0.3) is 5.91 Å².